The van der Waals surface area contributed by atoms with E-state index < -0.39 is 0 Å². The summed E-state index contributed by atoms with van der Waals surface area (Å²) in [6, 6.07) is 0. The summed E-state index contributed by atoms with van der Waals surface area (Å²) in [6.45, 7) is 9.68. The Hall–Kier alpha value is -1.01. The van der Waals surface area contributed by atoms with Gasteiger partial charge in [-0.15, -0.1) is 0 Å². The maximum atomic E-state index is 4.45. The van der Waals surface area contributed by atoms with E-state index in [1.165, 1.54) is 0 Å². The second-order valence-corrected chi connectivity index (χ2v) is 6.00. The molecule has 0 aromatic carbocycles. The molecule has 1 aromatic rings. The van der Waals surface area contributed by atoms with Crippen LogP contribution in [0.5, 0.6) is 0 Å². The first kappa shape index (κ1) is 12.0. The Labute approximate surface area is 109 Å². The zero-order chi connectivity index (χ0) is 13.2. The van der Waals surface area contributed by atoms with Crippen LogP contribution in [0.15, 0.2) is 6.33 Å². The van der Waals surface area contributed by atoms with Crippen molar-refractivity contribution >= 4 is 19.9 Å². The molecule has 1 saturated heterocycles. The van der Waals surface area contributed by atoms with E-state index in [0.29, 0.717) is 20.1 Å². The van der Waals surface area contributed by atoms with Gasteiger partial charge in [-0.1, -0.05) is 13.6 Å². The molecule has 1 fully saturated rings. The molecule has 8 heteroatoms. The van der Waals surface area contributed by atoms with E-state index in [1.807, 2.05) is 0 Å². The van der Waals surface area contributed by atoms with Crippen molar-refractivity contribution in [1.82, 2.24) is 24.3 Å². The molecule has 18 heavy (non-hydrogen) atoms. The Morgan fingerprint density at radius 2 is 1.89 bits per heavy atom. The summed E-state index contributed by atoms with van der Waals surface area (Å²) in [5.41, 5.74) is -0.0651. The van der Waals surface area contributed by atoms with Crippen LogP contribution in [-0.2, 0) is 5.54 Å². The smallest absolute Gasteiger partial charge is 0.333 e. The van der Waals surface area contributed by atoms with Gasteiger partial charge in [0.2, 0.25) is 5.95 Å². The molecule has 1 aromatic heterocycles. The highest BCUT2D eigenvalue weighted by molar-refractivity contribution is 6.73. The van der Waals surface area contributed by atoms with Crippen LogP contribution in [0.1, 0.15) is 13.8 Å². The van der Waals surface area contributed by atoms with Crippen LogP contribution in [0.4, 0.5) is 5.95 Å². The molecular formula is C10H20B2N6. The summed E-state index contributed by atoms with van der Waals surface area (Å²) in [6.07, 6.45) is 1.95. The zero-order valence-corrected chi connectivity index (χ0v) is 12.0. The maximum absolute atomic E-state index is 4.45. The number of rotatable bonds is 0. The van der Waals surface area contributed by atoms with Crippen LogP contribution < -0.4 is 4.81 Å². The Morgan fingerprint density at radius 3 is 2.56 bits per heavy atom. The second-order valence-electron chi connectivity index (χ2n) is 6.00. The van der Waals surface area contributed by atoms with E-state index in [2.05, 4.69) is 70.7 Å². The third-order valence-corrected chi connectivity index (χ3v) is 4.76. The van der Waals surface area contributed by atoms with Crippen molar-refractivity contribution < 1.29 is 0 Å². The fraction of sp³-hybridized carbons (Fsp3) is 0.800. The van der Waals surface area contributed by atoms with E-state index >= 15 is 0 Å². The van der Waals surface area contributed by atoms with Crippen molar-refractivity contribution in [2.75, 3.05) is 18.9 Å². The fourth-order valence-corrected chi connectivity index (χ4v) is 3.44. The summed E-state index contributed by atoms with van der Waals surface area (Å²) in [5, 5.41) is 4.41. The Bertz CT molecular complexity index is 475. The molecule has 0 spiro atoms. The van der Waals surface area contributed by atoms with Crippen molar-refractivity contribution in [3.8, 4) is 0 Å². The first-order chi connectivity index (χ1) is 8.37. The third kappa shape index (κ3) is 1.22. The van der Waals surface area contributed by atoms with E-state index in [-0.39, 0.29) is 5.54 Å². The maximum Gasteiger partial charge on any atom is 0.333 e. The molecule has 2 aliphatic heterocycles. The van der Waals surface area contributed by atoms with Crippen molar-refractivity contribution in [2.24, 2.45) is 0 Å². The summed E-state index contributed by atoms with van der Waals surface area (Å²) in [7, 11) is 4.34. The Balaban J connectivity index is 2.13. The van der Waals surface area contributed by atoms with Crippen LogP contribution in [-0.4, -0.2) is 58.5 Å². The SMILES string of the molecule is CB1N(C)B(C)N2c3ncnn3C(C)(C)C2N1C. The van der Waals surface area contributed by atoms with Gasteiger partial charge in [0.1, 0.15) is 6.33 Å². The summed E-state index contributed by atoms with van der Waals surface area (Å²) >= 11 is 0. The van der Waals surface area contributed by atoms with Crippen LogP contribution in [0.2, 0.25) is 13.6 Å². The molecule has 0 saturated carbocycles. The van der Waals surface area contributed by atoms with Crippen LogP contribution >= 0.6 is 0 Å². The fourth-order valence-electron chi connectivity index (χ4n) is 3.44. The predicted molar refractivity (Wildman–Crippen MR) is 74.4 cm³/mol. The molecule has 1 atom stereocenters. The van der Waals surface area contributed by atoms with Crippen molar-refractivity contribution in [1.29, 1.82) is 0 Å². The summed E-state index contributed by atoms with van der Waals surface area (Å²) in [4.78, 5) is 9.21. The molecule has 0 N–H and O–H groups in total. The van der Waals surface area contributed by atoms with Crippen LogP contribution in [0, 0.1) is 0 Å². The van der Waals surface area contributed by atoms with Gasteiger partial charge in [-0.05, 0) is 27.9 Å². The topological polar surface area (TPSA) is 40.4 Å². The highest BCUT2D eigenvalue weighted by Crippen LogP contribution is 2.41. The predicted octanol–water partition coefficient (Wildman–Crippen LogP) is 0.272. The first-order valence-corrected chi connectivity index (χ1v) is 6.50. The number of nitrogens with zero attached hydrogens (tertiary/aromatic N) is 6. The number of hydrogen-bond acceptors (Lipinski definition) is 5. The number of likely N-dealkylation sites (N-methyl/N-ethyl adjacent to an activating group) is 1. The van der Waals surface area contributed by atoms with Crippen LogP contribution in [0.3, 0.4) is 0 Å². The molecule has 0 amide bonds. The van der Waals surface area contributed by atoms with Gasteiger partial charge >= 0.3 is 6.98 Å². The lowest BCUT2D eigenvalue weighted by atomic mass is 9.57. The lowest BCUT2D eigenvalue weighted by Crippen LogP contribution is -2.74. The molecule has 0 aliphatic carbocycles. The number of fused-ring (bicyclic) bond motifs is 3. The Kier molecular flexibility index (Phi) is 2.35. The van der Waals surface area contributed by atoms with Gasteiger partial charge < -0.3 is 14.3 Å². The highest BCUT2D eigenvalue weighted by atomic mass is 15.6. The monoisotopic (exact) mass is 246 g/mol. The molecular weight excluding hydrogens is 226 g/mol. The summed E-state index contributed by atoms with van der Waals surface area (Å²) in [5.74, 6) is 0.975. The van der Waals surface area contributed by atoms with E-state index in [0.717, 1.165) is 5.95 Å². The molecule has 3 heterocycles. The average molecular weight is 246 g/mol. The lowest BCUT2D eigenvalue weighted by molar-refractivity contribution is 0.193. The molecule has 0 radical (unpaired) electrons. The quantitative estimate of drug-likeness (QED) is 0.614. The minimum absolute atomic E-state index is 0.0651. The van der Waals surface area contributed by atoms with Crippen molar-refractivity contribution in [2.45, 2.75) is 39.2 Å². The zero-order valence-electron chi connectivity index (χ0n) is 12.0. The number of anilines is 1. The standard InChI is InChI=1S/C10H20B2N6/c1-10(2)8-15(5)11(3)16(6)12(4)17(8)9-13-7-14-18(9)10/h7-8H,1-6H3. The molecule has 96 valence electrons. The molecule has 3 rings (SSSR count). The highest BCUT2D eigenvalue weighted by Gasteiger charge is 2.56. The van der Waals surface area contributed by atoms with E-state index in [9.17, 15) is 0 Å². The normalized spacial score (nSPS) is 27.7. The summed E-state index contributed by atoms with van der Waals surface area (Å²) < 4.78 is 4.41. The minimum atomic E-state index is -0.0651. The molecule has 2 aliphatic rings. The van der Waals surface area contributed by atoms with E-state index in [4.69, 9.17) is 0 Å². The lowest BCUT2D eigenvalue weighted by Gasteiger charge is -2.51. The van der Waals surface area contributed by atoms with Gasteiger partial charge in [0.05, 0.1) is 11.7 Å². The van der Waals surface area contributed by atoms with Gasteiger partial charge in [0.15, 0.2) is 0 Å². The van der Waals surface area contributed by atoms with Crippen LogP contribution in [0.25, 0.3) is 0 Å². The molecule has 0 bridgehead atoms. The first-order valence-electron chi connectivity index (χ1n) is 6.50. The largest absolute Gasteiger partial charge is 0.354 e. The van der Waals surface area contributed by atoms with Gasteiger partial charge in [0.25, 0.3) is 6.98 Å². The molecule has 6 nitrogen and oxygen atoms in total. The number of hydrogen-bond donors (Lipinski definition) is 0. The molecule has 1 unspecified atom stereocenters. The van der Waals surface area contributed by atoms with Crippen molar-refractivity contribution in [3.05, 3.63) is 6.33 Å². The second kappa shape index (κ2) is 3.51. The minimum Gasteiger partial charge on any atom is -0.354 e. The van der Waals surface area contributed by atoms with Gasteiger partial charge in [0, 0.05) is 0 Å². The van der Waals surface area contributed by atoms with Gasteiger partial charge in [-0.25, -0.2) is 9.67 Å². The van der Waals surface area contributed by atoms with E-state index in [1.54, 1.807) is 6.33 Å². The number of aromatic nitrogens is 3. The Morgan fingerprint density at radius 1 is 1.22 bits per heavy atom. The third-order valence-electron chi connectivity index (χ3n) is 4.76. The van der Waals surface area contributed by atoms with Gasteiger partial charge in [-0.2, -0.15) is 5.10 Å². The van der Waals surface area contributed by atoms with Gasteiger partial charge in [-0.3, -0.25) is 0 Å². The average Bonchev–Trinajstić information content (AvgIpc) is 2.86. The van der Waals surface area contributed by atoms with Crippen molar-refractivity contribution in [3.63, 3.8) is 0 Å².